The van der Waals surface area contributed by atoms with E-state index in [0.717, 1.165) is 73.1 Å². The Morgan fingerprint density at radius 1 is 0.871 bits per heavy atom. The van der Waals surface area contributed by atoms with E-state index in [1.807, 2.05) is 48.5 Å². The highest BCUT2D eigenvalue weighted by atomic mass is 35.5. The van der Waals surface area contributed by atoms with Crippen molar-refractivity contribution in [2.75, 3.05) is 30.5 Å². The van der Waals surface area contributed by atoms with E-state index in [2.05, 4.69) is 25.7 Å². The van der Waals surface area contributed by atoms with Crippen molar-refractivity contribution in [1.29, 1.82) is 0 Å². The molecule has 1 fully saturated rings. The third-order valence-electron chi connectivity index (χ3n) is 5.12. The Kier molecular flexibility index (Phi) is 7.97. The third kappa shape index (κ3) is 6.53. The third-order valence-corrected chi connectivity index (χ3v) is 6.76. The minimum absolute atomic E-state index is 0.538. The van der Waals surface area contributed by atoms with Crippen molar-refractivity contribution < 1.29 is 4.74 Å². The van der Waals surface area contributed by atoms with Crippen LogP contribution in [0.25, 0.3) is 11.1 Å². The monoisotopic (exact) mass is 473 g/mol. The molecule has 1 aliphatic rings. The topological polar surface area (TPSA) is 28.6 Å². The van der Waals surface area contributed by atoms with E-state index in [-0.39, 0.29) is 0 Å². The summed E-state index contributed by atoms with van der Waals surface area (Å²) >= 11 is 13.7. The molecule has 1 aromatic heterocycles. The SMILES string of the molecule is Clc1ccc(-c2ccc(OCCCCCN3CCN(c4ccnc(Cl)c4)S3)cc2)cc1. The van der Waals surface area contributed by atoms with Crippen molar-refractivity contribution in [3.63, 3.8) is 0 Å². The lowest BCUT2D eigenvalue weighted by atomic mass is 10.1. The van der Waals surface area contributed by atoms with Crippen LogP contribution in [0, 0.1) is 0 Å². The number of aromatic nitrogens is 1. The second-order valence-corrected chi connectivity index (χ2v) is 9.33. The quantitative estimate of drug-likeness (QED) is 0.189. The highest BCUT2D eigenvalue weighted by Gasteiger charge is 2.21. The van der Waals surface area contributed by atoms with Gasteiger partial charge in [-0.3, -0.25) is 0 Å². The average molecular weight is 474 g/mol. The number of nitrogens with zero attached hydrogens (tertiary/aromatic N) is 3. The van der Waals surface area contributed by atoms with Crippen molar-refractivity contribution in [3.05, 3.63) is 77.0 Å². The molecule has 4 rings (SSSR count). The van der Waals surface area contributed by atoms with Crippen LogP contribution >= 0.6 is 35.3 Å². The summed E-state index contributed by atoms with van der Waals surface area (Å²) in [5.74, 6) is 0.916. The first-order valence-corrected chi connectivity index (χ1v) is 12.0. The Labute approximate surface area is 198 Å². The summed E-state index contributed by atoms with van der Waals surface area (Å²) in [6.07, 6.45) is 5.13. The van der Waals surface area contributed by atoms with Gasteiger partial charge in [-0.15, -0.1) is 0 Å². The number of unbranched alkanes of at least 4 members (excludes halogenated alkanes) is 2. The predicted molar refractivity (Wildman–Crippen MR) is 132 cm³/mol. The summed E-state index contributed by atoms with van der Waals surface area (Å²) in [5.41, 5.74) is 3.43. The van der Waals surface area contributed by atoms with Gasteiger partial charge in [0.15, 0.2) is 0 Å². The van der Waals surface area contributed by atoms with Crippen molar-refractivity contribution in [3.8, 4) is 16.9 Å². The molecule has 3 aromatic rings. The standard InChI is InChI=1S/C24H25Cl2N3OS/c25-21-8-4-19(5-9-21)20-6-10-23(11-7-20)30-17-3-1-2-14-28-15-16-29(31-28)22-12-13-27-24(26)18-22/h4-13,18H,1-3,14-17H2. The molecule has 0 unspecified atom stereocenters. The molecule has 1 aliphatic heterocycles. The number of hydrogen-bond donors (Lipinski definition) is 0. The second kappa shape index (κ2) is 11.1. The fourth-order valence-electron chi connectivity index (χ4n) is 3.44. The van der Waals surface area contributed by atoms with Gasteiger partial charge in [-0.25, -0.2) is 9.29 Å². The Morgan fingerprint density at radius 2 is 1.61 bits per heavy atom. The zero-order valence-corrected chi connectivity index (χ0v) is 19.5. The van der Waals surface area contributed by atoms with Crippen LogP contribution in [0.1, 0.15) is 19.3 Å². The van der Waals surface area contributed by atoms with Gasteiger partial charge in [0.05, 0.1) is 12.3 Å². The minimum Gasteiger partial charge on any atom is -0.494 e. The molecule has 2 heterocycles. The predicted octanol–water partition coefficient (Wildman–Crippen LogP) is 6.99. The molecule has 0 saturated carbocycles. The summed E-state index contributed by atoms with van der Waals surface area (Å²) in [5, 5.41) is 1.29. The molecule has 2 aromatic carbocycles. The molecule has 162 valence electrons. The lowest BCUT2D eigenvalue weighted by Crippen LogP contribution is -2.14. The van der Waals surface area contributed by atoms with Crippen molar-refractivity contribution in [2.45, 2.75) is 19.3 Å². The fraction of sp³-hybridized carbons (Fsp3) is 0.292. The minimum atomic E-state index is 0.538. The van der Waals surface area contributed by atoms with Crippen LogP contribution in [0.15, 0.2) is 66.9 Å². The summed E-state index contributed by atoms with van der Waals surface area (Å²) in [6.45, 7) is 3.88. The number of halogens is 2. The van der Waals surface area contributed by atoms with Crippen LogP contribution in [0.3, 0.4) is 0 Å². The molecule has 0 amide bonds. The zero-order chi connectivity index (χ0) is 21.5. The van der Waals surface area contributed by atoms with Crippen LogP contribution in [0.4, 0.5) is 5.69 Å². The smallest absolute Gasteiger partial charge is 0.131 e. The maximum absolute atomic E-state index is 6.00. The molecule has 0 spiro atoms. The molecule has 4 nitrogen and oxygen atoms in total. The van der Waals surface area contributed by atoms with Gasteiger partial charge in [-0.2, -0.15) is 0 Å². The van der Waals surface area contributed by atoms with E-state index in [9.17, 15) is 0 Å². The maximum Gasteiger partial charge on any atom is 0.131 e. The van der Waals surface area contributed by atoms with Gasteiger partial charge in [-0.05, 0) is 66.8 Å². The van der Waals surface area contributed by atoms with E-state index in [0.29, 0.717) is 5.15 Å². The molecule has 0 aliphatic carbocycles. The number of rotatable bonds is 9. The van der Waals surface area contributed by atoms with Crippen molar-refractivity contribution >= 4 is 41.0 Å². The molecular weight excluding hydrogens is 449 g/mol. The lowest BCUT2D eigenvalue weighted by molar-refractivity contribution is 0.303. The largest absolute Gasteiger partial charge is 0.494 e. The normalized spacial score (nSPS) is 14.2. The second-order valence-electron chi connectivity index (χ2n) is 7.39. The molecule has 0 N–H and O–H groups in total. The van der Waals surface area contributed by atoms with Crippen LogP contribution in [0.2, 0.25) is 10.2 Å². The molecule has 0 radical (unpaired) electrons. The van der Waals surface area contributed by atoms with E-state index in [1.165, 1.54) is 0 Å². The van der Waals surface area contributed by atoms with Crippen LogP contribution in [-0.4, -0.2) is 35.5 Å². The van der Waals surface area contributed by atoms with Gasteiger partial charge in [0.1, 0.15) is 10.9 Å². The Hall–Kier alpha value is -1.92. The van der Waals surface area contributed by atoms with Gasteiger partial charge in [0.2, 0.25) is 0 Å². The summed E-state index contributed by atoms with van der Waals surface area (Å²) in [6, 6.07) is 20.0. The van der Waals surface area contributed by atoms with E-state index in [4.69, 9.17) is 27.9 Å². The fourth-order valence-corrected chi connectivity index (χ4v) is 4.76. The highest BCUT2D eigenvalue weighted by molar-refractivity contribution is 7.98. The van der Waals surface area contributed by atoms with E-state index < -0.39 is 0 Å². The number of ether oxygens (including phenoxy) is 1. The van der Waals surface area contributed by atoms with Gasteiger partial charge in [0, 0.05) is 43.0 Å². The van der Waals surface area contributed by atoms with Gasteiger partial charge in [0.25, 0.3) is 0 Å². The van der Waals surface area contributed by atoms with Crippen LogP contribution < -0.4 is 9.04 Å². The maximum atomic E-state index is 6.00. The van der Waals surface area contributed by atoms with Gasteiger partial charge >= 0.3 is 0 Å². The van der Waals surface area contributed by atoms with E-state index in [1.54, 1.807) is 18.3 Å². The molecule has 31 heavy (non-hydrogen) atoms. The van der Waals surface area contributed by atoms with Crippen molar-refractivity contribution in [2.24, 2.45) is 0 Å². The first-order chi connectivity index (χ1) is 15.2. The van der Waals surface area contributed by atoms with Crippen LogP contribution in [-0.2, 0) is 0 Å². The number of pyridine rings is 1. The molecule has 7 heteroatoms. The number of hydrogen-bond acceptors (Lipinski definition) is 5. The first-order valence-electron chi connectivity index (χ1n) is 10.5. The molecule has 1 saturated heterocycles. The molecule has 0 bridgehead atoms. The average Bonchev–Trinajstić information content (AvgIpc) is 3.26. The summed E-state index contributed by atoms with van der Waals surface area (Å²) < 4.78 is 10.6. The Balaban J connectivity index is 1.12. The van der Waals surface area contributed by atoms with Crippen molar-refractivity contribution in [1.82, 2.24) is 9.29 Å². The van der Waals surface area contributed by atoms with Crippen LogP contribution in [0.5, 0.6) is 5.75 Å². The lowest BCUT2D eigenvalue weighted by Gasteiger charge is -2.17. The van der Waals surface area contributed by atoms with E-state index >= 15 is 0 Å². The molecule has 0 atom stereocenters. The number of anilines is 1. The Morgan fingerprint density at radius 3 is 2.35 bits per heavy atom. The Bertz CT molecular complexity index is 969. The zero-order valence-electron chi connectivity index (χ0n) is 17.2. The summed E-state index contributed by atoms with van der Waals surface area (Å²) in [7, 11) is 0. The first kappa shape index (κ1) is 22.3. The van der Waals surface area contributed by atoms with Gasteiger partial charge in [-0.1, -0.05) is 47.5 Å². The molecular formula is C24H25Cl2N3OS. The number of benzene rings is 2. The summed E-state index contributed by atoms with van der Waals surface area (Å²) in [4.78, 5) is 4.05. The highest BCUT2D eigenvalue weighted by Crippen LogP contribution is 2.31. The van der Waals surface area contributed by atoms with Gasteiger partial charge < -0.3 is 9.04 Å².